The van der Waals surface area contributed by atoms with Crippen LogP contribution in [0.5, 0.6) is 0 Å². The van der Waals surface area contributed by atoms with E-state index in [1.54, 1.807) is 20.8 Å². The van der Waals surface area contributed by atoms with Crippen molar-refractivity contribution in [3.63, 3.8) is 0 Å². The zero-order chi connectivity index (χ0) is 14.6. The molecule has 1 aromatic rings. The number of carbonyl (C=O) groups excluding carboxylic acids is 1. The van der Waals surface area contributed by atoms with Gasteiger partial charge in [-0.25, -0.2) is 0 Å². The number of oxime groups is 1. The molecule has 1 aromatic carbocycles. The minimum atomic E-state index is -0.552. The van der Waals surface area contributed by atoms with Gasteiger partial charge in [0.25, 0.3) is 11.6 Å². The summed E-state index contributed by atoms with van der Waals surface area (Å²) >= 11 is 0. The van der Waals surface area contributed by atoms with Crippen LogP contribution in [0.3, 0.4) is 0 Å². The summed E-state index contributed by atoms with van der Waals surface area (Å²) in [5.74, 6) is -0.552. The molecule has 0 aliphatic carbocycles. The Hall–Kier alpha value is -2.44. The van der Waals surface area contributed by atoms with Gasteiger partial charge in [0.2, 0.25) is 0 Å². The van der Waals surface area contributed by atoms with Gasteiger partial charge >= 0.3 is 0 Å². The molecule has 0 radical (unpaired) electrons. The van der Waals surface area contributed by atoms with Crippen molar-refractivity contribution in [3.05, 3.63) is 39.9 Å². The molecule has 102 valence electrons. The van der Waals surface area contributed by atoms with E-state index in [9.17, 15) is 14.9 Å². The van der Waals surface area contributed by atoms with Gasteiger partial charge in [-0.05, 0) is 32.9 Å². The fourth-order valence-corrected chi connectivity index (χ4v) is 1.38. The predicted molar refractivity (Wildman–Crippen MR) is 69.3 cm³/mol. The summed E-state index contributed by atoms with van der Waals surface area (Å²) in [4.78, 5) is 21.8. The molecule has 0 spiro atoms. The number of hydrogen-bond donors (Lipinski definition) is 2. The Morgan fingerprint density at radius 1 is 1.32 bits per heavy atom. The first-order chi connectivity index (χ1) is 8.74. The highest BCUT2D eigenvalue weighted by Gasteiger charge is 2.21. The van der Waals surface area contributed by atoms with Crippen molar-refractivity contribution < 1.29 is 14.9 Å². The minimum Gasteiger partial charge on any atom is -0.410 e. The topological polar surface area (TPSA) is 105 Å². The monoisotopic (exact) mass is 265 g/mol. The highest BCUT2D eigenvalue weighted by molar-refractivity contribution is 6.45. The molecule has 19 heavy (non-hydrogen) atoms. The van der Waals surface area contributed by atoms with Crippen LogP contribution in [0.1, 0.15) is 26.3 Å². The van der Waals surface area contributed by atoms with Gasteiger partial charge in [0.05, 0.1) is 4.92 Å². The number of benzene rings is 1. The number of nitro groups is 1. The van der Waals surface area contributed by atoms with Crippen molar-refractivity contribution in [2.45, 2.75) is 26.3 Å². The molecule has 1 rings (SSSR count). The normalized spacial score (nSPS) is 12.1. The number of hydrogen-bond acceptors (Lipinski definition) is 5. The molecular weight excluding hydrogens is 250 g/mol. The van der Waals surface area contributed by atoms with Gasteiger partial charge < -0.3 is 10.5 Å². The van der Waals surface area contributed by atoms with E-state index in [1.807, 2.05) is 0 Å². The first-order valence-corrected chi connectivity index (χ1v) is 5.54. The molecule has 0 fully saturated rings. The van der Waals surface area contributed by atoms with Crippen molar-refractivity contribution in [1.82, 2.24) is 5.32 Å². The van der Waals surface area contributed by atoms with Crippen LogP contribution in [0.2, 0.25) is 0 Å². The highest BCUT2D eigenvalue weighted by Crippen LogP contribution is 2.13. The lowest BCUT2D eigenvalue weighted by Gasteiger charge is -2.20. The lowest BCUT2D eigenvalue weighted by atomic mass is 10.1. The summed E-state index contributed by atoms with van der Waals surface area (Å²) in [6.07, 6.45) is 0. The van der Waals surface area contributed by atoms with E-state index in [-0.39, 0.29) is 11.4 Å². The molecule has 0 aliphatic rings. The van der Waals surface area contributed by atoms with Gasteiger partial charge in [0.1, 0.15) is 0 Å². The largest absolute Gasteiger partial charge is 0.410 e. The van der Waals surface area contributed by atoms with Gasteiger partial charge in [-0.1, -0.05) is 5.16 Å². The van der Waals surface area contributed by atoms with E-state index in [1.165, 1.54) is 24.3 Å². The molecule has 0 unspecified atom stereocenters. The second kappa shape index (κ2) is 5.47. The number of nitrogens with one attached hydrogen (secondary N) is 1. The minimum absolute atomic E-state index is 0.0998. The van der Waals surface area contributed by atoms with Crippen LogP contribution in [0.25, 0.3) is 0 Å². The number of nitro benzene ring substituents is 1. The van der Waals surface area contributed by atoms with E-state index in [4.69, 9.17) is 5.21 Å². The van der Waals surface area contributed by atoms with E-state index in [2.05, 4.69) is 10.5 Å². The summed E-state index contributed by atoms with van der Waals surface area (Å²) in [6.45, 7) is 5.36. The number of non-ortho nitro benzene ring substituents is 1. The van der Waals surface area contributed by atoms with Crippen molar-refractivity contribution in [2.75, 3.05) is 0 Å². The fourth-order valence-electron chi connectivity index (χ4n) is 1.38. The van der Waals surface area contributed by atoms with E-state index >= 15 is 0 Å². The Morgan fingerprint density at radius 3 is 2.21 bits per heavy atom. The van der Waals surface area contributed by atoms with Crippen LogP contribution < -0.4 is 5.32 Å². The maximum atomic E-state index is 11.9. The number of nitrogens with zero attached hydrogens (tertiary/aromatic N) is 2. The second-order valence-electron chi connectivity index (χ2n) is 4.96. The maximum absolute atomic E-state index is 11.9. The van der Waals surface area contributed by atoms with Crippen LogP contribution in [0.15, 0.2) is 29.4 Å². The standard InChI is InChI=1S/C12H15N3O4/c1-12(2,3)13-11(16)10(14-17)8-4-6-9(7-5-8)15(18)19/h4-7,17H,1-3H3,(H,13,16)/b14-10-. The molecule has 0 saturated carbocycles. The van der Waals surface area contributed by atoms with Gasteiger partial charge in [0, 0.05) is 23.2 Å². The van der Waals surface area contributed by atoms with Gasteiger partial charge in [-0.3, -0.25) is 14.9 Å². The number of carbonyl (C=O) groups is 1. The Kier molecular flexibility index (Phi) is 4.21. The third kappa shape index (κ3) is 4.06. The lowest BCUT2D eigenvalue weighted by molar-refractivity contribution is -0.384. The molecule has 0 atom stereocenters. The Morgan fingerprint density at radius 2 is 1.84 bits per heavy atom. The lowest BCUT2D eigenvalue weighted by Crippen LogP contribution is -2.44. The third-order valence-corrected chi connectivity index (χ3v) is 2.16. The van der Waals surface area contributed by atoms with Crippen LogP contribution in [0.4, 0.5) is 5.69 Å². The molecule has 7 nitrogen and oxygen atoms in total. The summed E-state index contributed by atoms with van der Waals surface area (Å²) in [7, 11) is 0. The van der Waals surface area contributed by atoms with Crippen LogP contribution in [-0.4, -0.2) is 27.3 Å². The fraction of sp³-hybridized carbons (Fsp3) is 0.333. The molecule has 0 bridgehead atoms. The molecular formula is C12H15N3O4. The molecule has 1 amide bonds. The first-order valence-electron chi connectivity index (χ1n) is 5.54. The third-order valence-electron chi connectivity index (χ3n) is 2.16. The molecule has 0 aliphatic heterocycles. The zero-order valence-corrected chi connectivity index (χ0v) is 10.9. The zero-order valence-electron chi connectivity index (χ0n) is 10.9. The van der Waals surface area contributed by atoms with Gasteiger partial charge in [-0.2, -0.15) is 0 Å². The van der Waals surface area contributed by atoms with Crippen molar-refractivity contribution in [3.8, 4) is 0 Å². The average Bonchev–Trinajstić information content (AvgIpc) is 2.28. The molecule has 0 saturated heterocycles. The van der Waals surface area contributed by atoms with E-state index in [0.29, 0.717) is 5.56 Å². The van der Waals surface area contributed by atoms with Gasteiger partial charge in [0.15, 0.2) is 5.71 Å². The molecule has 2 N–H and O–H groups in total. The highest BCUT2D eigenvalue weighted by atomic mass is 16.6. The van der Waals surface area contributed by atoms with Crippen molar-refractivity contribution in [1.29, 1.82) is 0 Å². The SMILES string of the molecule is CC(C)(C)NC(=O)/C(=N\O)c1ccc([N+](=O)[O-])cc1. The summed E-state index contributed by atoms with van der Waals surface area (Å²) in [6, 6.07) is 5.20. The van der Waals surface area contributed by atoms with Crippen molar-refractivity contribution >= 4 is 17.3 Å². The van der Waals surface area contributed by atoms with Crippen LogP contribution in [0, 0.1) is 10.1 Å². The van der Waals surface area contributed by atoms with E-state index < -0.39 is 16.4 Å². The van der Waals surface area contributed by atoms with Crippen LogP contribution in [-0.2, 0) is 4.79 Å². The van der Waals surface area contributed by atoms with E-state index in [0.717, 1.165) is 0 Å². The van der Waals surface area contributed by atoms with Crippen LogP contribution >= 0.6 is 0 Å². The van der Waals surface area contributed by atoms with Crippen molar-refractivity contribution in [2.24, 2.45) is 5.16 Å². The number of rotatable bonds is 3. The Bertz CT molecular complexity index is 515. The maximum Gasteiger partial charge on any atom is 0.274 e. The smallest absolute Gasteiger partial charge is 0.274 e. The summed E-state index contributed by atoms with van der Waals surface area (Å²) < 4.78 is 0. The quantitative estimate of drug-likeness (QED) is 0.375. The molecule has 0 heterocycles. The Labute approximate surface area is 110 Å². The first kappa shape index (κ1) is 14.6. The summed E-state index contributed by atoms with van der Waals surface area (Å²) in [5, 5.41) is 25.0. The molecule has 0 aromatic heterocycles. The summed E-state index contributed by atoms with van der Waals surface area (Å²) in [5.41, 5.74) is -0.467. The predicted octanol–water partition coefficient (Wildman–Crippen LogP) is 1.69. The van der Waals surface area contributed by atoms with Gasteiger partial charge in [-0.15, -0.1) is 0 Å². The number of amides is 1. The average molecular weight is 265 g/mol. The molecule has 7 heteroatoms. The second-order valence-corrected chi connectivity index (χ2v) is 4.96. The Balaban J connectivity index is 2.99.